The van der Waals surface area contributed by atoms with Crippen LogP contribution >= 0.6 is 11.6 Å². The number of likely N-dealkylation sites (tertiary alicyclic amines) is 2. The van der Waals surface area contributed by atoms with Crippen LogP contribution in [-0.2, 0) is 11.3 Å². The Bertz CT molecular complexity index is 594. The third kappa shape index (κ3) is 4.16. The van der Waals surface area contributed by atoms with Crippen LogP contribution in [0.2, 0.25) is 5.15 Å². The van der Waals surface area contributed by atoms with Crippen molar-refractivity contribution in [2.24, 2.45) is 5.41 Å². The van der Waals surface area contributed by atoms with Gasteiger partial charge in [0.2, 0.25) is 0 Å². The number of ether oxygens (including phenoxy) is 1. The number of amides is 1. The summed E-state index contributed by atoms with van der Waals surface area (Å²) in [6.45, 7) is 10.1. The zero-order valence-corrected chi connectivity index (χ0v) is 15.3. The number of rotatable bonds is 2. The number of hydrogen-bond donors (Lipinski definition) is 0. The molecule has 2 saturated heterocycles. The van der Waals surface area contributed by atoms with Crippen molar-refractivity contribution < 1.29 is 9.53 Å². The van der Waals surface area contributed by atoms with Crippen molar-refractivity contribution in [2.75, 3.05) is 26.2 Å². The molecular formula is C17H25ClN4O2. The molecule has 2 fully saturated rings. The molecule has 24 heavy (non-hydrogen) atoms. The van der Waals surface area contributed by atoms with Gasteiger partial charge in [-0.1, -0.05) is 11.6 Å². The molecule has 3 rings (SSSR count). The molecule has 132 valence electrons. The van der Waals surface area contributed by atoms with E-state index in [2.05, 4.69) is 15.1 Å². The predicted molar refractivity (Wildman–Crippen MR) is 91.8 cm³/mol. The Labute approximate surface area is 148 Å². The Hall–Kier alpha value is -1.40. The van der Waals surface area contributed by atoms with Gasteiger partial charge in [0, 0.05) is 31.6 Å². The fraction of sp³-hybridized carbons (Fsp3) is 0.706. The number of halogens is 1. The minimum atomic E-state index is -0.439. The minimum absolute atomic E-state index is 0.200. The molecule has 0 aliphatic carbocycles. The Kier molecular flexibility index (Phi) is 4.71. The molecule has 0 aromatic carbocycles. The number of piperidine rings is 1. The summed E-state index contributed by atoms with van der Waals surface area (Å²) >= 11 is 5.79. The highest BCUT2D eigenvalue weighted by Gasteiger charge is 2.48. The van der Waals surface area contributed by atoms with E-state index in [-0.39, 0.29) is 11.5 Å². The van der Waals surface area contributed by atoms with E-state index in [0.717, 1.165) is 51.3 Å². The molecule has 1 aromatic heterocycles. The SMILES string of the molecule is CC(C)(C)OC(=O)N1CC2(CCCN(Cc3ccc(Cl)nn3)C2)C1. The van der Waals surface area contributed by atoms with Crippen LogP contribution in [0.25, 0.3) is 0 Å². The number of nitrogens with zero attached hydrogens (tertiary/aromatic N) is 4. The van der Waals surface area contributed by atoms with Gasteiger partial charge in [-0.05, 0) is 52.3 Å². The lowest BCUT2D eigenvalue weighted by Crippen LogP contribution is -2.64. The topological polar surface area (TPSA) is 58.6 Å². The first-order chi connectivity index (χ1) is 11.2. The van der Waals surface area contributed by atoms with E-state index >= 15 is 0 Å². The summed E-state index contributed by atoms with van der Waals surface area (Å²) in [6, 6.07) is 3.70. The second-order valence-corrected chi connectivity index (χ2v) is 8.39. The lowest BCUT2D eigenvalue weighted by atomic mass is 9.73. The maximum Gasteiger partial charge on any atom is 0.410 e. The van der Waals surface area contributed by atoms with Crippen LogP contribution in [0, 0.1) is 5.41 Å². The predicted octanol–water partition coefficient (Wildman–Crippen LogP) is 2.96. The maximum atomic E-state index is 12.1. The van der Waals surface area contributed by atoms with E-state index in [1.807, 2.05) is 31.7 Å². The first kappa shape index (κ1) is 17.4. The second kappa shape index (κ2) is 6.48. The molecule has 0 atom stereocenters. The molecule has 6 nitrogen and oxygen atoms in total. The van der Waals surface area contributed by atoms with Crippen molar-refractivity contribution in [2.45, 2.75) is 45.8 Å². The fourth-order valence-electron chi connectivity index (χ4n) is 3.58. The molecule has 3 heterocycles. The minimum Gasteiger partial charge on any atom is -0.444 e. The van der Waals surface area contributed by atoms with Crippen LogP contribution in [0.4, 0.5) is 4.79 Å². The van der Waals surface area contributed by atoms with Gasteiger partial charge < -0.3 is 9.64 Å². The first-order valence-corrected chi connectivity index (χ1v) is 8.81. The summed E-state index contributed by atoms with van der Waals surface area (Å²) < 4.78 is 5.45. The molecule has 0 saturated carbocycles. The second-order valence-electron chi connectivity index (χ2n) is 8.00. The Morgan fingerprint density at radius 1 is 1.29 bits per heavy atom. The molecule has 0 radical (unpaired) electrons. The summed E-state index contributed by atoms with van der Waals surface area (Å²) in [5.74, 6) is 0. The summed E-state index contributed by atoms with van der Waals surface area (Å²) in [5.41, 5.74) is 0.695. The lowest BCUT2D eigenvalue weighted by Gasteiger charge is -2.54. The quantitative estimate of drug-likeness (QED) is 0.819. The van der Waals surface area contributed by atoms with E-state index < -0.39 is 5.60 Å². The van der Waals surface area contributed by atoms with Crippen molar-refractivity contribution in [3.05, 3.63) is 23.0 Å². The summed E-state index contributed by atoms with van der Waals surface area (Å²) in [5, 5.41) is 8.46. The largest absolute Gasteiger partial charge is 0.444 e. The van der Waals surface area contributed by atoms with Gasteiger partial charge in [0.05, 0.1) is 5.69 Å². The molecule has 2 aliphatic rings. The van der Waals surface area contributed by atoms with Crippen LogP contribution in [0.15, 0.2) is 12.1 Å². The summed E-state index contributed by atoms with van der Waals surface area (Å²) in [7, 11) is 0. The highest BCUT2D eigenvalue weighted by Crippen LogP contribution is 2.39. The Balaban J connectivity index is 1.53. The fourth-order valence-corrected chi connectivity index (χ4v) is 3.68. The van der Waals surface area contributed by atoms with E-state index in [1.165, 1.54) is 0 Å². The molecule has 1 spiro atoms. The van der Waals surface area contributed by atoms with Gasteiger partial charge in [-0.15, -0.1) is 5.10 Å². The molecular weight excluding hydrogens is 328 g/mol. The van der Waals surface area contributed by atoms with Crippen molar-refractivity contribution in [1.82, 2.24) is 20.0 Å². The average molecular weight is 353 g/mol. The molecule has 1 aromatic rings. The highest BCUT2D eigenvalue weighted by atomic mass is 35.5. The molecule has 0 N–H and O–H groups in total. The number of carbonyl (C=O) groups excluding carboxylic acids is 1. The average Bonchev–Trinajstić information content (AvgIpc) is 2.45. The Morgan fingerprint density at radius 2 is 2.04 bits per heavy atom. The highest BCUT2D eigenvalue weighted by molar-refractivity contribution is 6.29. The van der Waals surface area contributed by atoms with Crippen molar-refractivity contribution in [1.29, 1.82) is 0 Å². The molecule has 1 amide bonds. The molecule has 7 heteroatoms. The maximum absolute atomic E-state index is 12.1. The van der Waals surface area contributed by atoms with E-state index in [1.54, 1.807) is 6.07 Å². The van der Waals surface area contributed by atoms with Gasteiger partial charge in [-0.2, -0.15) is 5.10 Å². The third-order valence-corrected chi connectivity index (χ3v) is 4.72. The Morgan fingerprint density at radius 3 is 2.67 bits per heavy atom. The summed E-state index contributed by atoms with van der Waals surface area (Å²) in [6.07, 6.45) is 2.10. The van der Waals surface area contributed by atoms with Gasteiger partial charge in [0.25, 0.3) is 0 Å². The lowest BCUT2D eigenvalue weighted by molar-refractivity contribution is -0.0659. The van der Waals surface area contributed by atoms with Gasteiger partial charge >= 0.3 is 6.09 Å². The van der Waals surface area contributed by atoms with Gasteiger partial charge in [0.1, 0.15) is 5.60 Å². The molecule has 0 bridgehead atoms. The van der Waals surface area contributed by atoms with Gasteiger partial charge in [-0.25, -0.2) is 4.79 Å². The van der Waals surface area contributed by atoms with Crippen LogP contribution in [0.5, 0.6) is 0 Å². The van der Waals surface area contributed by atoms with Crippen molar-refractivity contribution in [3.63, 3.8) is 0 Å². The normalized spacial score (nSPS) is 20.8. The van der Waals surface area contributed by atoms with Crippen LogP contribution < -0.4 is 0 Å². The number of aromatic nitrogens is 2. The van der Waals surface area contributed by atoms with Crippen LogP contribution in [-0.4, -0.2) is 57.9 Å². The van der Waals surface area contributed by atoms with Crippen LogP contribution in [0.3, 0.4) is 0 Å². The van der Waals surface area contributed by atoms with E-state index in [9.17, 15) is 4.79 Å². The third-order valence-electron chi connectivity index (χ3n) is 4.52. The number of hydrogen-bond acceptors (Lipinski definition) is 5. The standard InChI is InChI=1S/C17H25ClN4O2/c1-16(2,3)24-15(23)22-11-17(12-22)7-4-8-21(10-17)9-13-5-6-14(18)20-19-13/h5-6H,4,7-12H2,1-3H3. The smallest absolute Gasteiger partial charge is 0.410 e. The zero-order chi connectivity index (χ0) is 17.4. The van der Waals surface area contributed by atoms with E-state index in [0.29, 0.717) is 5.15 Å². The monoisotopic (exact) mass is 352 g/mol. The van der Waals surface area contributed by atoms with Crippen molar-refractivity contribution >= 4 is 17.7 Å². The molecule has 2 aliphatic heterocycles. The van der Waals surface area contributed by atoms with E-state index in [4.69, 9.17) is 16.3 Å². The van der Waals surface area contributed by atoms with Crippen molar-refractivity contribution in [3.8, 4) is 0 Å². The zero-order valence-electron chi connectivity index (χ0n) is 14.6. The van der Waals surface area contributed by atoms with Gasteiger partial charge in [-0.3, -0.25) is 4.90 Å². The van der Waals surface area contributed by atoms with Gasteiger partial charge in [0.15, 0.2) is 5.15 Å². The summed E-state index contributed by atoms with van der Waals surface area (Å²) in [4.78, 5) is 16.3. The first-order valence-electron chi connectivity index (χ1n) is 8.43. The molecule has 0 unspecified atom stereocenters. The number of carbonyl (C=O) groups is 1. The van der Waals surface area contributed by atoms with Crippen LogP contribution in [0.1, 0.15) is 39.3 Å².